The molecule has 4 heterocycles. The van der Waals surface area contributed by atoms with Crippen molar-refractivity contribution in [1.29, 1.82) is 0 Å². The van der Waals surface area contributed by atoms with Gasteiger partial charge in [-0.05, 0) is 6.07 Å². The number of benzene rings is 1. The van der Waals surface area contributed by atoms with Crippen molar-refractivity contribution < 1.29 is 23.7 Å². The molecule has 0 atom stereocenters. The first-order valence-corrected chi connectivity index (χ1v) is 12.5. The van der Waals surface area contributed by atoms with Crippen LogP contribution in [0.25, 0.3) is 10.9 Å². The summed E-state index contributed by atoms with van der Waals surface area (Å²) in [5.74, 6) is 2.74. The fourth-order valence-electron chi connectivity index (χ4n) is 4.23. The minimum absolute atomic E-state index is 0.0251. The van der Waals surface area contributed by atoms with Crippen molar-refractivity contribution in [3.63, 3.8) is 0 Å². The van der Waals surface area contributed by atoms with Crippen LogP contribution in [0, 0.1) is 0 Å². The minimum atomic E-state index is 0.0251. The van der Waals surface area contributed by atoms with Crippen LogP contribution >= 0.6 is 11.6 Å². The molecule has 0 bridgehead atoms. The third kappa shape index (κ3) is 6.07. The molecule has 2 saturated heterocycles. The lowest BCUT2D eigenvalue weighted by Crippen LogP contribution is -2.38. The van der Waals surface area contributed by atoms with Crippen molar-refractivity contribution in [2.45, 2.75) is 18.9 Å². The van der Waals surface area contributed by atoms with Crippen LogP contribution in [0.4, 0.5) is 11.6 Å². The maximum atomic E-state index is 6.47. The van der Waals surface area contributed by atoms with Crippen molar-refractivity contribution in [2.75, 3.05) is 65.1 Å². The lowest BCUT2D eigenvalue weighted by molar-refractivity contribution is 0.0260. The second-order valence-corrected chi connectivity index (χ2v) is 8.99. The van der Waals surface area contributed by atoms with Crippen molar-refractivity contribution in [3.05, 3.63) is 35.6 Å². The van der Waals surface area contributed by atoms with Gasteiger partial charge in [-0.3, -0.25) is 4.90 Å². The number of fused-ring (bicyclic) bond motifs is 1. The Morgan fingerprint density at radius 2 is 1.86 bits per heavy atom. The largest absolute Gasteiger partial charge is 0.492 e. The first-order chi connectivity index (χ1) is 17.7. The van der Waals surface area contributed by atoms with Crippen molar-refractivity contribution in [2.24, 2.45) is 0 Å². The van der Waals surface area contributed by atoms with Gasteiger partial charge in [0, 0.05) is 50.7 Å². The van der Waals surface area contributed by atoms with Crippen LogP contribution in [0.1, 0.15) is 12.8 Å². The summed E-state index contributed by atoms with van der Waals surface area (Å²) in [7, 11) is 1.56. The van der Waals surface area contributed by atoms with Gasteiger partial charge < -0.3 is 29.0 Å². The molecule has 3 aromatic rings. The number of hydrogen-bond acceptors (Lipinski definition) is 10. The Balaban J connectivity index is 1.44. The van der Waals surface area contributed by atoms with Gasteiger partial charge in [0.15, 0.2) is 5.82 Å². The number of halogens is 1. The van der Waals surface area contributed by atoms with Crippen LogP contribution < -0.4 is 19.5 Å². The summed E-state index contributed by atoms with van der Waals surface area (Å²) < 4.78 is 28.8. The molecule has 0 amide bonds. The molecule has 0 radical (unpaired) electrons. The van der Waals surface area contributed by atoms with E-state index in [9.17, 15) is 0 Å². The first-order valence-electron chi connectivity index (χ1n) is 12.1. The fourth-order valence-corrected chi connectivity index (χ4v) is 4.38. The molecule has 0 unspecified atom stereocenters. The number of hydrogen-bond donors (Lipinski definition) is 1. The van der Waals surface area contributed by atoms with E-state index < -0.39 is 0 Å². The number of anilines is 2. The Hall–Kier alpha value is -2.92. The molecule has 2 aromatic heterocycles. The standard InChI is InChI=1S/C25H30ClN5O5/c1-32-22-3-2-19(26)24(29-22)30-25-23-20(27-16-28-25)14-18(35-13-8-31-6-11-34-12-7-31)15-21(23)36-17-4-9-33-10-5-17/h2-3,14-17H,4-13H2,1H3,(H,27,28,29,30). The van der Waals surface area contributed by atoms with Crippen LogP contribution in [-0.4, -0.2) is 85.7 Å². The highest BCUT2D eigenvalue weighted by molar-refractivity contribution is 6.33. The summed E-state index contributed by atoms with van der Waals surface area (Å²) in [6.45, 7) is 6.09. The van der Waals surface area contributed by atoms with Gasteiger partial charge in [0.05, 0.1) is 49.5 Å². The smallest absolute Gasteiger partial charge is 0.214 e. The lowest BCUT2D eigenvalue weighted by atomic mass is 10.1. The number of morpholine rings is 1. The Kier molecular flexibility index (Phi) is 8.17. The molecule has 10 nitrogen and oxygen atoms in total. The van der Waals surface area contributed by atoms with Gasteiger partial charge in [0.25, 0.3) is 0 Å². The van der Waals surface area contributed by atoms with Gasteiger partial charge in [-0.1, -0.05) is 11.6 Å². The Morgan fingerprint density at radius 1 is 1.06 bits per heavy atom. The third-order valence-electron chi connectivity index (χ3n) is 6.18. The van der Waals surface area contributed by atoms with Crippen LogP contribution in [-0.2, 0) is 9.47 Å². The number of methoxy groups -OCH3 is 1. The van der Waals surface area contributed by atoms with E-state index in [4.69, 9.17) is 35.3 Å². The van der Waals surface area contributed by atoms with Crippen LogP contribution in [0.15, 0.2) is 30.6 Å². The van der Waals surface area contributed by atoms with Crippen molar-refractivity contribution in [3.8, 4) is 17.4 Å². The van der Waals surface area contributed by atoms with Crippen molar-refractivity contribution in [1.82, 2.24) is 19.9 Å². The highest BCUT2D eigenvalue weighted by Crippen LogP contribution is 2.37. The third-order valence-corrected chi connectivity index (χ3v) is 6.49. The molecule has 0 saturated carbocycles. The normalized spacial score (nSPS) is 17.2. The molecule has 192 valence electrons. The summed E-state index contributed by atoms with van der Waals surface area (Å²) in [5, 5.41) is 4.40. The van der Waals surface area contributed by atoms with Gasteiger partial charge >= 0.3 is 0 Å². The number of ether oxygens (including phenoxy) is 5. The number of aromatic nitrogens is 3. The maximum absolute atomic E-state index is 6.47. The molecule has 1 N–H and O–H groups in total. The van der Waals surface area contributed by atoms with Crippen LogP contribution in [0.5, 0.6) is 17.4 Å². The van der Waals surface area contributed by atoms with Gasteiger partial charge in [-0.25, -0.2) is 9.97 Å². The average molecular weight is 516 g/mol. The molecule has 2 fully saturated rings. The maximum Gasteiger partial charge on any atom is 0.214 e. The van der Waals surface area contributed by atoms with Gasteiger partial charge in [-0.2, -0.15) is 4.98 Å². The number of nitrogens with one attached hydrogen (secondary N) is 1. The Labute approximate surface area is 214 Å². The second kappa shape index (κ2) is 11.9. The van der Waals surface area contributed by atoms with Gasteiger partial charge in [-0.15, -0.1) is 0 Å². The molecule has 0 aliphatic carbocycles. The fraction of sp³-hybridized carbons (Fsp3) is 0.480. The topological polar surface area (TPSA) is 100 Å². The van der Waals surface area contributed by atoms with E-state index in [2.05, 4.69) is 25.2 Å². The Morgan fingerprint density at radius 3 is 2.67 bits per heavy atom. The molecule has 2 aliphatic rings. The van der Waals surface area contributed by atoms with Crippen LogP contribution in [0.2, 0.25) is 5.02 Å². The SMILES string of the molecule is COc1ccc(Cl)c(Nc2ncnc3cc(OCCN4CCOCC4)cc(OC4CCOCC4)c23)n1. The molecule has 5 rings (SSSR count). The van der Waals surface area contributed by atoms with Crippen LogP contribution in [0.3, 0.4) is 0 Å². The molecule has 0 spiro atoms. The summed E-state index contributed by atoms with van der Waals surface area (Å²) in [4.78, 5) is 15.7. The van der Waals surface area contributed by atoms with E-state index in [0.717, 1.165) is 51.1 Å². The first kappa shape index (κ1) is 24.8. The highest BCUT2D eigenvalue weighted by atomic mass is 35.5. The second-order valence-electron chi connectivity index (χ2n) is 8.58. The zero-order valence-corrected chi connectivity index (χ0v) is 21.0. The Bertz CT molecular complexity index is 1170. The zero-order valence-electron chi connectivity index (χ0n) is 20.2. The number of pyridine rings is 1. The average Bonchev–Trinajstić information content (AvgIpc) is 2.91. The molecular formula is C25H30ClN5O5. The van der Waals surface area contributed by atoms with E-state index >= 15 is 0 Å². The molecular weight excluding hydrogens is 486 g/mol. The molecule has 1 aromatic carbocycles. The summed E-state index contributed by atoms with van der Waals surface area (Å²) in [6, 6.07) is 7.23. The van der Waals surface area contributed by atoms with E-state index in [1.807, 2.05) is 12.1 Å². The molecule has 11 heteroatoms. The summed E-state index contributed by atoms with van der Waals surface area (Å²) in [6.07, 6.45) is 3.14. The predicted octanol–water partition coefficient (Wildman–Crippen LogP) is 3.70. The molecule has 2 aliphatic heterocycles. The number of rotatable bonds is 9. The number of nitrogens with zero attached hydrogens (tertiary/aromatic N) is 4. The summed E-state index contributed by atoms with van der Waals surface area (Å²) >= 11 is 6.40. The molecule has 36 heavy (non-hydrogen) atoms. The lowest BCUT2D eigenvalue weighted by Gasteiger charge is -2.26. The minimum Gasteiger partial charge on any atom is -0.492 e. The van der Waals surface area contributed by atoms with Gasteiger partial charge in [0.2, 0.25) is 5.88 Å². The summed E-state index contributed by atoms with van der Waals surface area (Å²) in [5.41, 5.74) is 0.692. The quantitative estimate of drug-likeness (QED) is 0.454. The van der Waals surface area contributed by atoms with E-state index in [1.165, 1.54) is 6.33 Å². The van der Waals surface area contributed by atoms with Crippen molar-refractivity contribution >= 4 is 34.1 Å². The van der Waals surface area contributed by atoms with Gasteiger partial charge in [0.1, 0.15) is 36.4 Å². The monoisotopic (exact) mass is 515 g/mol. The van der Waals surface area contributed by atoms with E-state index in [1.54, 1.807) is 19.2 Å². The van der Waals surface area contributed by atoms with E-state index in [-0.39, 0.29) is 6.10 Å². The van der Waals surface area contributed by atoms with E-state index in [0.29, 0.717) is 59.4 Å². The predicted molar refractivity (Wildman–Crippen MR) is 136 cm³/mol. The highest BCUT2D eigenvalue weighted by Gasteiger charge is 2.21. The zero-order chi connectivity index (χ0) is 24.7.